The highest BCUT2D eigenvalue weighted by atomic mass is 32.3. The van der Waals surface area contributed by atoms with Crippen LogP contribution in [0.15, 0.2) is 43.0 Å². The Labute approximate surface area is 137 Å². The number of ether oxygens (including phenoxy) is 1. The van der Waals surface area contributed by atoms with Gasteiger partial charge in [0.2, 0.25) is 10.4 Å². The van der Waals surface area contributed by atoms with Gasteiger partial charge in [-0.15, -0.1) is 0 Å². The number of nitrogens with zero attached hydrogens (tertiary/aromatic N) is 1. The molecule has 0 heterocycles. The Bertz CT molecular complexity index is 583. The molecule has 0 aliphatic rings. The van der Waals surface area contributed by atoms with Gasteiger partial charge in [-0.2, -0.15) is 0 Å². The Hall–Kier alpha value is -1.74. The van der Waals surface area contributed by atoms with Gasteiger partial charge in [0.05, 0.1) is 21.2 Å². The van der Waals surface area contributed by atoms with E-state index in [1.165, 1.54) is 11.6 Å². The van der Waals surface area contributed by atoms with Crippen LogP contribution in [0.4, 0.5) is 0 Å². The Morgan fingerprint density at radius 2 is 1.83 bits per heavy atom. The van der Waals surface area contributed by atoms with Gasteiger partial charge < -0.3 is 13.8 Å². The number of hydrogen-bond donors (Lipinski definition) is 0. The second-order valence-electron chi connectivity index (χ2n) is 5.25. The maximum Gasteiger partial charge on any atom is 0.330 e. The molecule has 0 aromatic heterocycles. The summed E-state index contributed by atoms with van der Waals surface area (Å²) in [6.45, 7) is 5.49. The van der Waals surface area contributed by atoms with Crippen LogP contribution in [-0.2, 0) is 30.7 Å². The lowest BCUT2D eigenvalue weighted by molar-refractivity contribution is -0.903. The van der Waals surface area contributed by atoms with Crippen molar-refractivity contribution in [2.75, 3.05) is 34.4 Å². The van der Waals surface area contributed by atoms with Crippen molar-refractivity contribution in [2.45, 2.75) is 6.54 Å². The fourth-order valence-electron chi connectivity index (χ4n) is 1.61. The summed E-state index contributed by atoms with van der Waals surface area (Å²) in [5.74, 6) is -0.357. The normalized spacial score (nSPS) is 11.1. The molecular formula is C15H23NO6S. The van der Waals surface area contributed by atoms with Gasteiger partial charge in [0, 0.05) is 11.6 Å². The van der Waals surface area contributed by atoms with Crippen LogP contribution in [0, 0.1) is 0 Å². The van der Waals surface area contributed by atoms with Crippen LogP contribution in [-0.4, -0.2) is 57.8 Å². The lowest BCUT2D eigenvalue weighted by atomic mass is 10.2. The van der Waals surface area contributed by atoms with Crippen LogP contribution in [0.3, 0.4) is 0 Å². The van der Waals surface area contributed by atoms with E-state index in [-0.39, 0.29) is 5.97 Å². The molecule has 1 rings (SSSR count). The molecule has 0 radical (unpaired) electrons. The smallest absolute Gasteiger partial charge is 0.330 e. The van der Waals surface area contributed by atoms with E-state index >= 15 is 0 Å². The summed E-state index contributed by atoms with van der Waals surface area (Å²) in [6, 6.07) is 10.3. The zero-order valence-electron chi connectivity index (χ0n) is 13.6. The van der Waals surface area contributed by atoms with Crippen molar-refractivity contribution in [1.29, 1.82) is 0 Å². The van der Waals surface area contributed by atoms with Gasteiger partial charge in [-0.3, -0.25) is 4.18 Å². The van der Waals surface area contributed by atoms with Crippen molar-refractivity contribution < 1.29 is 31.2 Å². The summed E-state index contributed by atoms with van der Waals surface area (Å²) in [5.41, 5.74) is 1.28. The van der Waals surface area contributed by atoms with Gasteiger partial charge in [0.1, 0.15) is 19.7 Å². The van der Waals surface area contributed by atoms with Crippen molar-refractivity contribution >= 4 is 16.4 Å². The number of quaternary nitrogens is 1. The molecule has 130 valence electrons. The minimum Gasteiger partial charge on any atom is -0.726 e. The van der Waals surface area contributed by atoms with E-state index < -0.39 is 10.4 Å². The van der Waals surface area contributed by atoms with E-state index in [9.17, 15) is 17.8 Å². The molecule has 0 bridgehead atoms. The topological polar surface area (TPSA) is 92.7 Å². The third-order valence-electron chi connectivity index (χ3n) is 2.77. The van der Waals surface area contributed by atoms with Gasteiger partial charge in [0.25, 0.3) is 0 Å². The molecule has 0 fully saturated rings. The van der Waals surface area contributed by atoms with Gasteiger partial charge >= 0.3 is 5.97 Å². The molecule has 0 spiro atoms. The fraction of sp³-hybridized carbons (Fsp3) is 0.400. The zero-order valence-corrected chi connectivity index (χ0v) is 14.4. The molecule has 0 N–H and O–H groups in total. The Balaban J connectivity index is 0.000000688. The Kier molecular flexibility index (Phi) is 9.35. The summed E-state index contributed by atoms with van der Waals surface area (Å²) in [4.78, 5) is 10.9. The number of carbonyl (C=O) groups excluding carboxylic acids is 1. The monoisotopic (exact) mass is 345 g/mol. The van der Waals surface area contributed by atoms with Crippen LogP contribution in [0.5, 0.6) is 0 Å². The fourth-order valence-corrected chi connectivity index (χ4v) is 1.61. The molecule has 1 aromatic rings. The van der Waals surface area contributed by atoms with E-state index in [0.29, 0.717) is 6.61 Å². The summed E-state index contributed by atoms with van der Waals surface area (Å²) in [5, 5.41) is 0. The van der Waals surface area contributed by atoms with Crippen molar-refractivity contribution in [3.63, 3.8) is 0 Å². The SMILES string of the molecule is C=CC(=O)OCC[N+](C)(C)Cc1ccccc1.COS(=O)(=O)[O-]. The number of rotatable bonds is 7. The first-order valence-electron chi connectivity index (χ1n) is 6.76. The Morgan fingerprint density at radius 3 is 2.26 bits per heavy atom. The molecule has 0 amide bonds. The number of esters is 1. The van der Waals surface area contributed by atoms with Gasteiger partial charge in [-0.25, -0.2) is 13.2 Å². The van der Waals surface area contributed by atoms with E-state index in [1.807, 2.05) is 18.2 Å². The lowest BCUT2D eigenvalue weighted by Gasteiger charge is -2.29. The van der Waals surface area contributed by atoms with Crippen molar-refractivity contribution in [2.24, 2.45) is 0 Å². The van der Waals surface area contributed by atoms with E-state index in [2.05, 4.69) is 37.0 Å². The first-order valence-corrected chi connectivity index (χ1v) is 8.09. The van der Waals surface area contributed by atoms with Gasteiger partial charge in [-0.1, -0.05) is 36.9 Å². The van der Waals surface area contributed by atoms with Crippen molar-refractivity contribution in [3.05, 3.63) is 48.6 Å². The molecule has 8 heteroatoms. The largest absolute Gasteiger partial charge is 0.726 e. The highest BCUT2D eigenvalue weighted by Gasteiger charge is 2.16. The molecule has 7 nitrogen and oxygen atoms in total. The average Bonchev–Trinajstić information content (AvgIpc) is 2.47. The molecule has 0 aliphatic carbocycles. The van der Waals surface area contributed by atoms with E-state index in [4.69, 9.17) is 4.74 Å². The highest BCUT2D eigenvalue weighted by molar-refractivity contribution is 7.80. The predicted molar refractivity (Wildman–Crippen MR) is 85.0 cm³/mol. The number of carbonyl (C=O) groups is 1. The first kappa shape index (κ1) is 21.3. The van der Waals surface area contributed by atoms with Crippen LogP contribution < -0.4 is 0 Å². The van der Waals surface area contributed by atoms with Crippen LogP contribution >= 0.6 is 0 Å². The molecule has 0 saturated carbocycles. The van der Waals surface area contributed by atoms with E-state index in [1.54, 1.807) is 0 Å². The minimum absolute atomic E-state index is 0.357. The second-order valence-corrected chi connectivity index (χ2v) is 6.40. The third kappa shape index (κ3) is 12.5. The maximum absolute atomic E-state index is 10.9. The van der Waals surface area contributed by atoms with E-state index in [0.717, 1.165) is 24.7 Å². The highest BCUT2D eigenvalue weighted by Crippen LogP contribution is 2.08. The average molecular weight is 345 g/mol. The molecule has 0 unspecified atom stereocenters. The molecule has 0 saturated heterocycles. The molecule has 23 heavy (non-hydrogen) atoms. The minimum atomic E-state index is -4.41. The molecule has 1 aromatic carbocycles. The van der Waals surface area contributed by atoms with Gasteiger partial charge in [0.15, 0.2) is 0 Å². The lowest BCUT2D eigenvalue weighted by Crippen LogP contribution is -2.41. The molecular weight excluding hydrogens is 322 g/mol. The maximum atomic E-state index is 10.9. The summed E-state index contributed by atoms with van der Waals surface area (Å²) in [7, 11) is 0.635. The number of hydrogen-bond acceptors (Lipinski definition) is 6. The van der Waals surface area contributed by atoms with Crippen molar-refractivity contribution in [1.82, 2.24) is 0 Å². The van der Waals surface area contributed by atoms with Crippen LogP contribution in [0.25, 0.3) is 0 Å². The standard InChI is InChI=1S/C14H20NO2.CH4O4S/c1-4-14(16)17-11-10-15(2,3)12-13-8-6-5-7-9-13;1-5-6(2,3)4/h4-9H,1,10-12H2,2-3H3;1H3,(H,2,3,4)/q+1;/p-1. The third-order valence-corrected chi connectivity index (χ3v) is 3.17. The molecule has 0 atom stereocenters. The van der Waals surface area contributed by atoms with Crippen LogP contribution in [0.2, 0.25) is 0 Å². The summed E-state index contributed by atoms with van der Waals surface area (Å²) < 4.78 is 36.8. The summed E-state index contributed by atoms with van der Waals surface area (Å²) >= 11 is 0. The van der Waals surface area contributed by atoms with Crippen LogP contribution in [0.1, 0.15) is 5.56 Å². The van der Waals surface area contributed by atoms with Crippen molar-refractivity contribution in [3.8, 4) is 0 Å². The number of likely N-dealkylation sites (N-methyl/N-ethyl adjacent to an activating group) is 1. The number of benzene rings is 1. The Morgan fingerprint density at radius 1 is 1.30 bits per heavy atom. The molecule has 0 aliphatic heterocycles. The predicted octanol–water partition coefficient (Wildman–Crippen LogP) is 1.09. The van der Waals surface area contributed by atoms with Gasteiger partial charge in [-0.05, 0) is 0 Å². The quantitative estimate of drug-likeness (QED) is 0.241. The second kappa shape index (κ2) is 10.1. The zero-order chi connectivity index (χ0) is 17.9. The summed E-state index contributed by atoms with van der Waals surface area (Å²) in [6.07, 6.45) is 1.19. The first-order chi connectivity index (χ1) is 10.6.